The van der Waals surface area contributed by atoms with Gasteiger partial charge in [0.1, 0.15) is 0 Å². The molecule has 0 aliphatic carbocycles. The Bertz CT molecular complexity index is 488. The van der Waals surface area contributed by atoms with Gasteiger partial charge in [-0.15, -0.1) is 24.0 Å². The molecular weight excluding hydrogens is 455 g/mol. The molecule has 1 unspecified atom stereocenters. The van der Waals surface area contributed by atoms with Crippen molar-refractivity contribution >= 4 is 29.9 Å². The monoisotopic (exact) mass is 492 g/mol. The van der Waals surface area contributed by atoms with Gasteiger partial charge < -0.3 is 20.1 Å². The van der Waals surface area contributed by atoms with Crippen molar-refractivity contribution in [1.82, 2.24) is 15.5 Å². The second kappa shape index (κ2) is 17.2. The Morgan fingerprint density at radius 2 is 1.89 bits per heavy atom. The summed E-state index contributed by atoms with van der Waals surface area (Å²) >= 11 is 0. The van der Waals surface area contributed by atoms with Crippen LogP contribution in [0.25, 0.3) is 0 Å². The minimum atomic E-state index is 0. The fourth-order valence-corrected chi connectivity index (χ4v) is 2.44. The number of hydrogen-bond donors (Lipinski definition) is 2. The largest absolute Gasteiger partial charge is 0.382 e. The van der Waals surface area contributed by atoms with Crippen LogP contribution in [0.5, 0.6) is 0 Å². The molecule has 7 heteroatoms. The number of halogens is 1. The van der Waals surface area contributed by atoms with Gasteiger partial charge >= 0.3 is 0 Å². The topological polar surface area (TPSA) is 58.1 Å². The molecule has 0 saturated carbocycles. The van der Waals surface area contributed by atoms with Gasteiger partial charge in [0, 0.05) is 39.3 Å². The number of rotatable bonds is 13. The Balaban J connectivity index is 0.00000676. The van der Waals surface area contributed by atoms with Crippen LogP contribution in [0.3, 0.4) is 0 Å². The van der Waals surface area contributed by atoms with Crippen molar-refractivity contribution in [2.24, 2.45) is 4.99 Å². The van der Waals surface area contributed by atoms with E-state index in [-0.39, 0.29) is 24.0 Å². The zero-order chi connectivity index (χ0) is 19.0. The fraction of sp³-hybridized carbons (Fsp3) is 0.650. The van der Waals surface area contributed by atoms with Crippen LogP contribution in [-0.4, -0.2) is 70.5 Å². The highest BCUT2D eigenvalue weighted by Crippen LogP contribution is 2.08. The summed E-state index contributed by atoms with van der Waals surface area (Å²) in [7, 11) is 3.85. The van der Waals surface area contributed by atoms with E-state index in [0.29, 0.717) is 25.9 Å². The lowest BCUT2D eigenvalue weighted by atomic mass is 10.1. The summed E-state index contributed by atoms with van der Waals surface area (Å²) < 4.78 is 10.4. The SMILES string of the molecule is CCNC(=NCCC(C)N(C)Cc1ccccc1)NCCOCCOC.I. The van der Waals surface area contributed by atoms with E-state index < -0.39 is 0 Å². The van der Waals surface area contributed by atoms with Crippen LogP contribution in [0.4, 0.5) is 0 Å². The van der Waals surface area contributed by atoms with Crippen molar-refractivity contribution in [3.05, 3.63) is 35.9 Å². The van der Waals surface area contributed by atoms with Crippen molar-refractivity contribution in [3.63, 3.8) is 0 Å². The number of benzene rings is 1. The molecule has 0 spiro atoms. The second-order valence-electron chi connectivity index (χ2n) is 6.33. The molecule has 1 rings (SSSR count). The third kappa shape index (κ3) is 13.0. The zero-order valence-electron chi connectivity index (χ0n) is 17.2. The Labute approximate surface area is 182 Å². The number of nitrogens with zero attached hydrogens (tertiary/aromatic N) is 2. The molecule has 0 aliphatic rings. The van der Waals surface area contributed by atoms with Crippen molar-refractivity contribution in [1.29, 1.82) is 0 Å². The number of nitrogens with one attached hydrogen (secondary N) is 2. The number of guanidine groups is 1. The molecule has 1 atom stereocenters. The van der Waals surface area contributed by atoms with E-state index in [0.717, 1.165) is 38.6 Å². The second-order valence-corrected chi connectivity index (χ2v) is 6.33. The normalized spacial score (nSPS) is 12.6. The zero-order valence-corrected chi connectivity index (χ0v) is 19.6. The number of ether oxygens (including phenoxy) is 2. The Hall–Kier alpha value is -0.900. The van der Waals surface area contributed by atoms with Gasteiger partial charge in [0.05, 0.1) is 19.8 Å². The first-order valence-corrected chi connectivity index (χ1v) is 9.50. The molecule has 6 nitrogen and oxygen atoms in total. The summed E-state index contributed by atoms with van der Waals surface area (Å²) in [6.45, 7) is 9.55. The van der Waals surface area contributed by atoms with E-state index in [1.807, 2.05) is 0 Å². The Morgan fingerprint density at radius 3 is 2.56 bits per heavy atom. The third-order valence-corrected chi connectivity index (χ3v) is 4.16. The minimum Gasteiger partial charge on any atom is -0.382 e. The standard InChI is InChI=1S/C20H36N4O2.HI/c1-5-21-20(23-13-14-26-16-15-25-4)22-12-11-18(2)24(3)17-19-9-7-6-8-10-19;/h6-10,18H,5,11-17H2,1-4H3,(H2,21,22,23);1H. The highest BCUT2D eigenvalue weighted by atomic mass is 127. The summed E-state index contributed by atoms with van der Waals surface area (Å²) in [5.41, 5.74) is 1.34. The molecule has 0 aromatic heterocycles. The van der Waals surface area contributed by atoms with E-state index >= 15 is 0 Å². The Morgan fingerprint density at radius 1 is 1.15 bits per heavy atom. The molecule has 0 radical (unpaired) electrons. The summed E-state index contributed by atoms with van der Waals surface area (Å²) in [4.78, 5) is 7.03. The average molecular weight is 492 g/mol. The highest BCUT2D eigenvalue weighted by Gasteiger charge is 2.09. The van der Waals surface area contributed by atoms with Crippen molar-refractivity contribution in [2.45, 2.75) is 32.9 Å². The highest BCUT2D eigenvalue weighted by molar-refractivity contribution is 14.0. The van der Waals surface area contributed by atoms with Gasteiger partial charge in [0.15, 0.2) is 5.96 Å². The molecule has 0 fully saturated rings. The van der Waals surface area contributed by atoms with Crippen molar-refractivity contribution in [2.75, 3.05) is 53.6 Å². The first-order valence-electron chi connectivity index (χ1n) is 9.50. The predicted molar refractivity (Wildman–Crippen MR) is 124 cm³/mol. The lowest BCUT2D eigenvalue weighted by Gasteiger charge is -2.24. The number of methoxy groups -OCH3 is 1. The smallest absolute Gasteiger partial charge is 0.191 e. The van der Waals surface area contributed by atoms with Crippen LogP contribution in [0.2, 0.25) is 0 Å². The molecule has 0 aliphatic heterocycles. The molecule has 2 N–H and O–H groups in total. The molecule has 0 saturated heterocycles. The van der Waals surface area contributed by atoms with Gasteiger partial charge in [-0.05, 0) is 32.9 Å². The minimum absolute atomic E-state index is 0. The molecule has 1 aromatic carbocycles. The number of aliphatic imine (C=N–C) groups is 1. The first kappa shape index (κ1) is 26.1. The third-order valence-electron chi connectivity index (χ3n) is 4.16. The van der Waals surface area contributed by atoms with E-state index in [4.69, 9.17) is 9.47 Å². The summed E-state index contributed by atoms with van der Waals surface area (Å²) in [6, 6.07) is 11.0. The maximum absolute atomic E-state index is 5.46. The van der Waals surface area contributed by atoms with Crippen LogP contribution >= 0.6 is 24.0 Å². The van der Waals surface area contributed by atoms with Crippen LogP contribution in [0.15, 0.2) is 35.3 Å². The van der Waals surface area contributed by atoms with E-state index in [9.17, 15) is 0 Å². The van der Waals surface area contributed by atoms with Crippen LogP contribution < -0.4 is 10.6 Å². The van der Waals surface area contributed by atoms with E-state index in [1.165, 1.54) is 5.56 Å². The van der Waals surface area contributed by atoms with Gasteiger partial charge in [0.2, 0.25) is 0 Å². The lowest BCUT2D eigenvalue weighted by molar-refractivity contribution is 0.0733. The summed E-state index contributed by atoms with van der Waals surface area (Å²) in [5, 5.41) is 6.57. The average Bonchev–Trinajstić information content (AvgIpc) is 2.65. The molecule has 1 aromatic rings. The quantitative estimate of drug-likeness (QED) is 0.192. The van der Waals surface area contributed by atoms with Crippen LogP contribution in [0, 0.1) is 0 Å². The number of hydrogen-bond acceptors (Lipinski definition) is 4. The van der Waals surface area contributed by atoms with Gasteiger partial charge in [0.25, 0.3) is 0 Å². The van der Waals surface area contributed by atoms with Crippen LogP contribution in [0.1, 0.15) is 25.8 Å². The molecule has 0 bridgehead atoms. The Kier molecular flexibility index (Phi) is 16.6. The molecule has 0 heterocycles. The van der Waals surface area contributed by atoms with Crippen molar-refractivity contribution < 1.29 is 9.47 Å². The first-order chi connectivity index (χ1) is 12.7. The van der Waals surface area contributed by atoms with Crippen molar-refractivity contribution in [3.8, 4) is 0 Å². The lowest BCUT2D eigenvalue weighted by Crippen LogP contribution is -2.39. The van der Waals surface area contributed by atoms with E-state index in [2.05, 4.69) is 71.8 Å². The summed E-state index contributed by atoms with van der Waals surface area (Å²) in [6.07, 6.45) is 1.02. The van der Waals surface area contributed by atoms with Gasteiger partial charge in [-0.25, -0.2) is 0 Å². The fourth-order valence-electron chi connectivity index (χ4n) is 2.44. The summed E-state index contributed by atoms with van der Waals surface area (Å²) in [5.74, 6) is 0.848. The van der Waals surface area contributed by atoms with Gasteiger partial charge in [-0.1, -0.05) is 30.3 Å². The van der Waals surface area contributed by atoms with E-state index in [1.54, 1.807) is 7.11 Å². The maximum Gasteiger partial charge on any atom is 0.191 e. The maximum atomic E-state index is 5.46. The molecule has 27 heavy (non-hydrogen) atoms. The molecule has 0 amide bonds. The molecule has 156 valence electrons. The van der Waals surface area contributed by atoms with Gasteiger partial charge in [-0.3, -0.25) is 9.89 Å². The van der Waals surface area contributed by atoms with Crippen LogP contribution in [-0.2, 0) is 16.0 Å². The molecular formula is C20H37IN4O2. The van der Waals surface area contributed by atoms with Gasteiger partial charge in [-0.2, -0.15) is 0 Å². The predicted octanol–water partition coefficient (Wildman–Crippen LogP) is 2.73.